The molecular formula is C10H23NS. The predicted molar refractivity (Wildman–Crippen MR) is 63.0 cm³/mol. The zero-order valence-corrected chi connectivity index (χ0v) is 10.1. The van der Waals surface area contributed by atoms with Crippen molar-refractivity contribution >= 4 is 17.3 Å². The molecule has 0 heterocycles. The molecule has 0 saturated carbocycles. The molecule has 1 nitrogen and oxygen atoms in total. The van der Waals surface area contributed by atoms with Crippen LogP contribution in [0.5, 0.6) is 0 Å². The summed E-state index contributed by atoms with van der Waals surface area (Å²) in [6.45, 7) is 15.9. The molecule has 0 aromatic carbocycles. The number of rotatable bonds is 3. The van der Waals surface area contributed by atoms with E-state index in [4.69, 9.17) is 5.41 Å². The Kier molecular flexibility index (Phi) is 25.2. The van der Waals surface area contributed by atoms with Crippen LogP contribution >= 0.6 is 11.8 Å². The molecule has 0 aliphatic carbocycles. The highest BCUT2D eigenvalue weighted by Gasteiger charge is 1.96. The van der Waals surface area contributed by atoms with Crippen LogP contribution in [0.15, 0.2) is 11.5 Å². The maximum atomic E-state index is 6.70. The summed E-state index contributed by atoms with van der Waals surface area (Å²) in [5.41, 5.74) is 1.31. The van der Waals surface area contributed by atoms with Crippen LogP contribution in [0.25, 0.3) is 0 Å². The summed E-state index contributed by atoms with van der Waals surface area (Å²) in [7, 11) is 0. The van der Waals surface area contributed by atoms with Gasteiger partial charge in [0.1, 0.15) is 0 Å². The SMILES string of the molecule is C=C(SC=N)C(C)C.CC.CC. The first-order chi connectivity index (χ1) is 5.68. The van der Waals surface area contributed by atoms with Gasteiger partial charge in [0.15, 0.2) is 0 Å². The summed E-state index contributed by atoms with van der Waals surface area (Å²) in [6.07, 6.45) is 0. The van der Waals surface area contributed by atoms with Crippen molar-refractivity contribution in [2.75, 3.05) is 0 Å². The van der Waals surface area contributed by atoms with Crippen molar-refractivity contribution in [3.05, 3.63) is 11.5 Å². The first-order valence-corrected chi connectivity index (χ1v) is 5.41. The first-order valence-electron chi connectivity index (χ1n) is 4.53. The third kappa shape index (κ3) is 16.4. The Hall–Kier alpha value is -0.240. The fourth-order valence-electron chi connectivity index (χ4n) is 0.212. The van der Waals surface area contributed by atoms with E-state index >= 15 is 0 Å². The highest BCUT2D eigenvalue weighted by Crippen LogP contribution is 2.18. The van der Waals surface area contributed by atoms with E-state index in [9.17, 15) is 0 Å². The minimum Gasteiger partial charge on any atom is -0.302 e. The Morgan fingerprint density at radius 2 is 1.58 bits per heavy atom. The van der Waals surface area contributed by atoms with Crippen molar-refractivity contribution in [2.24, 2.45) is 5.92 Å². The summed E-state index contributed by atoms with van der Waals surface area (Å²) in [4.78, 5) is 1.06. The monoisotopic (exact) mass is 189 g/mol. The van der Waals surface area contributed by atoms with Gasteiger partial charge in [-0.25, -0.2) is 0 Å². The zero-order valence-electron chi connectivity index (χ0n) is 9.27. The molecule has 0 fully saturated rings. The standard InChI is InChI=1S/C6H11NS.2C2H6/c1-5(2)6(3)8-4-7;2*1-2/h4-5,7H,3H2,1-2H3;2*1-2H3. The van der Waals surface area contributed by atoms with Crippen LogP contribution in [0.4, 0.5) is 0 Å². The van der Waals surface area contributed by atoms with E-state index in [2.05, 4.69) is 20.4 Å². The number of allylic oxidation sites excluding steroid dienone is 1. The molecule has 0 unspecified atom stereocenters. The number of hydrogen-bond donors (Lipinski definition) is 1. The smallest absolute Gasteiger partial charge is 0.0551 e. The molecule has 0 aromatic rings. The number of nitrogens with one attached hydrogen (secondary N) is 1. The van der Waals surface area contributed by atoms with Gasteiger partial charge in [0, 0.05) is 0 Å². The van der Waals surface area contributed by atoms with Crippen LogP contribution in [0.2, 0.25) is 0 Å². The summed E-state index contributed by atoms with van der Waals surface area (Å²) in [5.74, 6) is 0.488. The molecule has 1 N–H and O–H groups in total. The minimum atomic E-state index is 0.488. The highest BCUT2D eigenvalue weighted by atomic mass is 32.2. The van der Waals surface area contributed by atoms with E-state index in [1.165, 1.54) is 17.3 Å². The molecule has 12 heavy (non-hydrogen) atoms. The molecular weight excluding hydrogens is 166 g/mol. The van der Waals surface area contributed by atoms with Gasteiger partial charge < -0.3 is 5.41 Å². The van der Waals surface area contributed by atoms with Crippen molar-refractivity contribution in [2.45, 2.75) is 41.5 Å². The third-order valence-corrected chi connectivity index (χ3v) is 1.75. The normalized spacial score (nSPS) is 7.25. The molecule has 0 amide bonds. The van der Waals surface area contributed by atoms with Crippen LogP contribution in [0, 0.1) is 11.3 Å². The van der Waals surface area contributed by atoms with Crippen LogP contribution in [0.3, 0.4) is 0 Å². The largest absolute Gasteiger partial charge is 0.302 e. The Balaban J connectivity index is -0.000000175. The van der Waals surface area contributed by atoms with Crippen molar-refractivity contribution in [1.82, 2.24) is 0 Å². The summed E-state index contributed by atoms with van der Waals surface area (Å²) in [5, 5.41) is 6.70. The van der Waals surface area contributed by atoms with E-state index in [0.29, 0.717) is 5.92 Å². The van der Waals surface area contributed by atoms with Crippen molar-refractivity contribution in [1.29, 1.82) is 5.41 Å². The van der Waals surface area contributed by atoms with Crippen LogP contribution < -0.4 is 0 Å². The van der Waals surface area contributed by atoms with E-state index in [0.717, 1.165) is 4.91 Å². The fraction of sp³-hybridized carbons (Fsp3) is 0.700. The second-order valence-corrected chi connectivity index (χ2v) is 2.85. The Morgan fingerprint density at radius 3 is 1.67 bits per heavy atom. The average molecular weight is 189 g/mol. The lowest BCUT2D eigenvalue weighted by Gasteiger charge is -2.02. The molecule has 0 atom stereocenters. The van der Waals surface area contributed by atoms with Gasteiger partial charge in [-0.15, -0.1) is 0 Å². The van der Waals surface area contributed by atoms with Gasteiger partial charge in [-0.05, 0) is 10.8 Å². The molecule has 0 spiro atoms. The Bertz CT molecular complexity index is 98.0. The molecule has 74 valence electrons. The first kappa shape index (κ1) is 17.7. The van der Waals surface area contributed by atoms with Gasteiger partial charge in [0.2, 0.25) is 0 Å². The topological polar surface area (TPSA) is 23.9 Å². The minimum absolute atomic E-state index is 0.488. The van der Waals surface area contributed by atoms with E-state index in [1.807, 2.05) is 27.7 Å². The lowest BCUT2D eigenvalue weighted by molar-refractivity contribution is 0.821. The van der Waals surface area contributed by atoms with E-state index in [-0.39, 0.29) is 0 Å². The average Bonchev–Trinajstić information content (AvgIpc) is 2.12. The second-order valence-electron chi connectivity index (χ2n) is 1.86. The predicted octanol–water partition coefficient (Wildman–Crippen LogP) is 4.55. The molecule has 0 rings (SSSR count). The Morgan fingerprint density at radius 1 is 1.25 bits per heavy atom. The maximum Gasteiger partial charge on any atom is 0.0551 e. The van der Waals surface area contributed by atoms with Gasteiger partial charge in [0.25, 0.3) is 0 Å². The molecule has 0 saturated heterocycles. The fourth-order valence-corrected chi connectivity index (χ4v) is 0.635. The molecule has 2 heteroatoms. The maximum absolute atomic E-state index is 6.70. The molecule has 0 aliphatic rings. The molecule has 0 aromatic heterocycles. The van der Waals surface area contributed by atoms with Crippen molar-refractivity contribution in [3.63, 3.8) is 0 Å². The molecule has 0 bridgehead atoms. The van der Waals surface area contributed by atoms with E-state index in [1.54, 1.807) is 0 Å². The van der Waals surface area contributed by atoms with Gasteiger partial charge in [-0.1, -0.05) is 59.9 Å². The second kappa shape index (κ2) is 17.0. The lowest BCUT2D eigenvalue weighted by Crippen LogP contribution is -1.85. The Labute approximate surface area is 82.2 Å². The highest BCUT2D eigenvalue weighted by molar-refractivity contribution is 8.15. The molecule has 0 aliphatic heterocycles. The summed E-state index contributed by atoms with van der Waals surface area (Å²) < 4.78 is 0. The van der Waals surface area contributed by atoms with Gasteiger partial charge in [-0.3, -0.25) is 0 Å². The van der Waals surface area contributed by atoms with Crippen LogP contribution in [0.1, 0.15) is 41.5 Å². The summed E-state index contributed by atoms with van der Waals surface area (Å²) in [6, 6.07) is 0. The quantitative estimate of drug-likeness (QED) is 0.511. The van der Waals surface area contributed by atoms with Crippen LogP contribution in [-0.2, 0) is 0 Å². The zero-order chi connectivity index (χ0) is 10.6. The van der Waals surface area contributed by atoms with Crippen molar-refractivity contribution in [3.8, 4) is 0 Å². The van der Waals surface area contributed by atoms with E-state index < -0.39 is 0 Å². The summed E-state index contributed by atoms with van der Waals surface area (Å²) >= 11 is 1.39. The molecule has 0 radical (unpaired) electrons. The number of thioether (sulfide) groups is 1. The van der Waals surface area contributed by atoms with Gasteiger partial charge in [-0.2, -0.15) is 0 Å². The van der Waals surface area contributed by atoms with Gasteiger partial charge >= 0.3 is 0 Å². The third-order valence-electron chi connectivity index (χ3n) is 0.854. The van der Waals surface area contributed by atoms with Gasteiger partial charge in [0.05, 0.1) is 5.55 Å². The number of hydrogen-bond acceptors (Lipinski definition) is 2. The van der Waals surface area contributed by atoms with Crippen molar-refractivity contribution < 1.29 is 0 Å². The van der Waals surface area contributed by atoms with Crippen LogP contribution in [-0.4, -0.2) is 5.55 Å². The lowest BCUT2D eigenvalue weighted by atomic mass is 10.2.